The van der Waals surface area contributed by atoms with Crippen LogP contribution in [0.25, 0.3) is 0 Å². The number of anilines is 1. The van der Waals surface area contributed by atoms with Gasteiger partial charge < -0.3 is 20.0 Å². The predicted molar refractivity (Wildman–Crippen MR) is 108 cm³/mol. The second-order valence-corrected chi connectivity index (χ2v) is 7.46. The van der Waals surface area contributed by atoms with E-state index in [1.165, 1.54) is 31.6 Å². The second kappa shape index (κ2) is 9.81. The molecule has 5 heteroatoms. The van der Waals surface area contributed by atoms with E-state index >= 15 is 0 Å². The first-order valence-electron chi connectivity index (χ1n) is 10.3. The Hall–Kier alpha value is -1.75. The Morgan fingerprint density at radius 2 is 1.81 bits per heavy atom. The van der Waals surface area contributed by atoms with Gasteiger partial charge in [-0.15, -0.1) is 0 Å². The van der Waals surface area contributed by atoms with E-state index in [0.717, 1.165) is 52.0 Å². The number of nitrogens with one attached hydrogen (secondary N) is 1. The van der Waals surface area contributed by atoms with E-state index in [1.54, 1.807) is 0 Å². The molecule has 0 spiro atoms. The fourth-order valence-corrected chi connectivity index (χ4v) is 4.23. The van der Waals surface area contributed by atoms with Gasteiger partial charge in [0.05, 0.1) is 0 Å². The van der Waals surface area contributed by atoms with Crippen molar-refractivity contribution < 1.29 is 4.79 Å². The molecule has 2 amide bonds. The molecular formula is C21H34N4O. The van der Waals surface area contributed by atoms with Crippen molar-refractivity contribution in [1.29, 1.82) is 0 Å². The summed E-state index contributed by atoms with van der Waals surface area (Å²) in [6.07, 6.45) is 5.92. The maximum absolute atomic E-state index is 12.4. The number of carbonyl (C=O) groups is 1. The zero-order valence-corrected chi connectivity index (χ0v) is 16.2. The molecule has 0 aliphatic carbocycles. The monoisotopic (exact) mass is 358 g/mol. The van der Waals surface area contributed by atoms with Crippen LogP contribution in [0, 0.1) is 0 Å². The van der Waals surface area contributed by atoms with Crippen LogP contribution >= 0.6 is 0 Å². The van der Waals surface area contributed by atoms with Crippen LogP contribution in [0.4, 0.5) is 10.5 Å². The lowest BCUT2D eigenvalue weighted by atomic mass is 10.0. The van der Waals surface area contributed by atoms with Crippen LogP contribution in [0.3, 0.4) is 0 Å². The molecule has 0 saturated carbocycles. The van der Waals surface area contributed by atoms with Crippen molar-refractivity contribution in [2.45, 2.75) is 45.1 Å². The van der Waals surface area contributed by atoms with E-state index in [9.17, 15) is 4.79 Å². The van der Waals surface area contributed by atoms with Gasteiger partial charge in [-0.05, 0) is 64.3 Å². The van der Waals surface area contributed by atoms with Gasteiger partial charge in [0.15, 0.2) is 0 Å². The standard InChI is InChI=1S/C21H34N4O/c1-2-23(19-9-4-3-5-10-19)16-8-13-22-21(26)25-17-11-20(12-18-25)24-14-6-7-15-24/h3-5,9-10,20H,2,6-8,11-18H2,1H3,(H,22,26). The molecule has 2 aliphatic heterocycles. The Balaban J connectivity index is 1.33. The molecule has 0 atom stereocenters. The van der Waals surface area contributed by atoms with E-state index in [1.807, 2.05) is 11.0 Å². The molecule has 3 rings (SSSR count). The van der Waals surface area contributed by atoms with Crippen LogP contribution in [0.15, 0.2) is 30.3 Å². The van der Waals surface area contributed by atoms with Gasteiger partial charge in [0.1, 0.15) is 0 Å². The number of carbonyl (C=O) groups excluding carboxylic acids is 1. The van der Waals surface area contributed by atoms with Gasteiger partial charge in [-0.2, -0.15) is 0 Å². The summed E-state index contributed by atoms with van der Waals surface area (Å²) in [6.45, 7) is 9.19. The van der Waals surface area contributed by atoms with Crippen molar-refractivity contribution in [1.82, 2.24) is 15.1 Å². The number of urea groups is 1. The Labute approximate surface area is 158 Å². The minimum Gasteiger partial charge on any atom is -0.372 e. The molecule has 1 aromatic rings. The summed E-state index contributed by atoms with van der Waals surface area (Å²) in [4.78, 5) is 19.4. The first-order valence-corrected chi connectivity index (χ1v) is 10.3. The smallest absolute Gasteiger partial charge is 0.317 e. The fraction of sp³-hybridized carbons (Fsp3) is 0.667. The van der Waals surface area contributed by atoms with E-state index in [4.69, 9.17) is 0 Å². The number of hydrogen-bond donors (Lipinski definition) is 1. The molecule has 0 radical (unpaired) electrons. The van der Waals surface area contributed by atoms with Crippen LogP contribution in [-0.4, -0.2) is 67.7 Å². The third kappa shape index (κ3) is 5.13. The molecule has 144 valence electrons. The average molecular weight is 359 g/mol. The summed E-state index contributed by atoms with van der Waals surface area (Å²) in [7, 11) is 0. The second-order valence-electron chi connectivity index (χ2n) is 7.46. The maximum Gasteiger partial charge on any atom is 0.317 e. The van der Waals surface area contributed by atoms with E-state index in [0.29, 0.717) is 6.04 Å². The van der Waals surface area contributed by atoms with Crippen molar-refractivity contribution in [3.05, 3.63) is 30.3 Å². The number of rotatable bonds is 7. The van der Waals surface area contributed by atoms with Gasteiger partial charge in [-0.3, -0.25) is 0 Å². The Morgan fingerprint density at radius 1 is 1.12 bits per heavy atom. The quantitative estimate of drug-likeness (QED) is 0.761. The molecule has 2 fully saturated rings. The number of likely N-dealkylation sites (tertiary alicyclic amines) is 2. The highest BCUT2D eigenvalue weighted by Crippen LogP contribution is 2.21. The van der Waals surface area contributed by atoms with Crippen LogP contribution in [0.2, 0.25) is 0 Å². The van der Waals surface area contributed by atoms with Gasteiger partial charge in [0.25, 0.3) is 0 Å². The van der Waals surface area contributed by atoms with E-state index in [-0.39, 0.29) is 6.03 Å². The first kappa shape index (κ1) is 19.0. The summed E-state index contributed by atoms with van der Waals surface area (Å²) in [5, 5.41) is 3.11. The van der Waals surface area contributed by atoms with Crippen molar-refractivity contribution in [2.24, 2.45) is 0 Å². The van der Waals surface area contributed by atoms with Crippen LogP contribution < -0.4 is 10.2 Å². The molecular weight excluding hydrogens is 324 g/mol. The molecule has 2 aliphatic rings. The van der Waals surface area contributed by atoms with Gasteiger partial charge >= 0.3 is 6.03 Å². The molecule has 0 unspecified atom stereocenters. The third-order valence-electron chi connectivity index (χ3n) is 5.79. The van der Waals surface area contributed by atoms with Crippen LogP contribution in [-0.2, 0) is 0 Å². The molecule has 2 heterocycles. The third-order valence-corrected chi connectivity index (χ3v) is 5.79. The molecule has 5 nitrogen and oxygen atoms in total. The van der Waals surface area contributed by atoms with Gasteiger partial charge in [-0.1, -0.05) is 18.2 Å². The Bertz CT molecular complexity index is 536. The van der Waals surface area contributed by atoms with Gasteiger partial charge in [-0.25, -0.2) is 4.79 Å². The lowest BCUT2D eigenvalue weighted by molar-refractivity contribution is 0.134. The summed E-state index contributed by atoms with van der Waals surface area (Å²) in [5.74, 6) is 0. The topological polar surface area (TPSA) is 38.8 Å². The maximum atomic E-state index is 12.4. The fourth-order valence-electron chi connectivity index (χ4n) is 4.23. The summed E-state index contributed by atoms with van der Waals surface area (Å²) < 4.78 is 0. The number of nitrogens with zero attached hydrogens (tertiary/aromatic N) is 3. The molecule has 1 N–H and O–H groups in total. The zero-order valence-electron chi connectivity index (χ0n) is 16.2. The van der Waals surface area contributed by atoms with Crippen LogP contribution in [0.5, 0.6) is 0 Å². The number of amides is 2. The lowest BCUT2D eigenvalue weighted by Crippen LogP contribution is -2.49. The summed E-state index contributed by atoms with van der Waals surface area (Å²) >= 11 is 0. The van der Waals surface area contributed by atoms with Crippen molar-refractivity contribution >= 4 is 11.7 Å². The highest BCUT2D eigenvalue weighted by Gasteiger charge is 2.28. The summed E-state index contributed by atoms with van der Waals surface area (Å²) in [6, 6.07) is 11.3. The Kier molecular flexibility index (Phi) is 7.18. The van der Waals surface area contributed by atoms with Crippen LogP contribution in [0.1, 0.15) is 39.0 Å². The highest BCUT2D eigenvalue weighted by molar-refractivity contribution is 5.74. The largest absolute Gasteiger partial charge is 0.372 e. The Morgan fingerprint density at radius 3 is 2.46 bits per heavy atom. The first-order chi connectivity index (χ1) is 12.8. The highest BCUT2D eigenvalue weighted by atomic mass is 16.2. The van der Waals surface area contributed by atoms with Crippen molar-refractivity contribution in [3.8, 4) is 0 Å². The SMILES string of the molecule is CCN(CCCNC(=O)N1CCC(N2CCCC2)CC1)c1ccccc1. The van der Waals surface area contributed by atoms with Crippen molar-refractivity contribution in [3.63, 3.8) is 0 Å². The minimum atomic E-state index is 0.118. The molecule has 2 saturated heterocycles. The van der Waals surface area contributed by atoms with E-state index < -0.39 is 0 Å². The normalized spacial score (nSPS) is 18.9. The predicted octanol–water partition coefficient (Wildman–Crippen LogP) is 3.17. The van der Waals surface area contributed by atoms with Crippen molar-refractivity contribution in [2.75, 3.05) is 50.7 Å². The zero-order chi connectivity index (χ0) is 18.2. The lowest BCUT2D eigenvalue weighted by Gasteiger charge is -2.36. The average Bonchev–Trinajstić information content (AvgIpc) is 3.23. The van der Waals surface area contributed by atoms with Gasteiger partial charge in [0, 0.05) is 44.5 Å². The molecule has 1 aromatic carbocycles. The number of para-hydroxylation sites is 1. The number of benzene rings is 1. The molecule has 0 bridgehead atoms. The molecule has 0 aromatic heterocycles. The molecule has 26 heavy (non-hydrogen) atoms. The number of hydrogen-bond acceptors (Lipinski definition) is 3. The summed E-state index contributed by atoms with van der Waals surface area (Å²) in [5.41, 5.74) is 1.25. The van der Waals surface area contributed by atoms with E-state index in [2.05, 4.69) is 46.3 Å². The number of piperidine rings is 1. The van der Waals surface area contributed by atoms with Gasteiger partial charge in [0.2, 0.25) is 0 Å². The minimum absolute atomic E-state index is 0.118.